The Bertz CT molecular complexity index is 1820. The molecule has 236 valence electrons. The van der Waals surface area contributed by atoms with Gasteiger partial charge in [0, 0.05) is 36.3 Å². The zero-order valence-corrected chi connectivity index (χ0v) is 27.6. The molecule has 6 rings (SSSR count). The number of carbonyl (C=O) groups excluding carboxylic acids is 1. The van der Waals surface area contributed by atoms with E-state index in [0.29, 0.717) is 43.7 Å². The zero-order chi connectivity index (χ0) is 31.9. The molecule has 0 spiro atoms. The molecule has 2 aliphatic rings. The van der Waals surface area contributed by atoms with E-state index in [1.54, 1.807) is 30.3 Å². The van der Waals surface area contributed by atoms with E-state index >= 15 is 0 Å². The number of hydrogen-bond donors (Lipinski definition) is 2. The van der Waals surface area contributed by atoms with Gasteiger partial charge in [0.05, 0.1) is 15.6 Å². The zero-order valence-electron chi connectivity index (χ0n) is 24.5. The Hall–Kier alpha value is -3.28. The predicted octanol–water partition coefficient (Wildman–Crippen LogP) is 8.35. The third-order valence-corrected chi connectivity index (χ3v) is 10.7. The largest absolute Gasteiger partial charge is 0.489 e. The van der Waals surface area contributed by atoms with Gasteiger partial charge in [-0.05, 0) is 85.0 Å². The van der Waals surface area contributed by atoms with Crippen molar-refractivity contribution < 1.29 is 22.5 Å². The lowest BCUT2D eigenvalue weighted by Crippen LogP contribution is -2.41. The maximum Gasteiger partial charge on any atom is 0.333 e. The molecule has 9 nitrogen and oxygen atoms in total. The second-order valence-electron chi connectivity index (χ2n) is 11.5. The van der Waals surface area contributed by atoms with Crippen molar-refractivity contribution in [3.8, 4) is 17.0 Å². The summed E-state index contributed by atoms with van der Waals surface area (Å²) in [5, 5.41) is 8.50. The number of rotatable bonds is 10. The number of benzene rings is 3. The molecule has 1 heterocycles. The monoisotopic (exact) mass is 688 g/mol. The Morgan fingerprint density at radius 2 is 1.64 bits per heavy atom. The number of nitrogens with zero attached hydrogens (tertiary/aromatic N) is 2. The van der Waals surface area contributed by atoms with Crippen molar-refractivity contribution in [2.24, 2.45) is 0 Å². The van der Waals surface area contributed by atoms with Gasteiger partial charge in [0.25, 0.3) is 0 Å². The molecule has 0 radical (unpaired) electrons. The first kappa shape index (κ1) is 31.7. The van der Waals surface area contributed by atoms with Crippen molar-refractivity contribution in [2.75, 3.05) is 19.4 Å². The van der Waals surface area contributed by atoms with Crippen molar-refractivity contribution in [1.82, 2.24) is 14.2 Å². The molecular formula is C32H31Cl3N4O5S. The van der Waals surface area contributed by atoms with Gasteiger partial charge >= 0.3 is 16.2 Å². The van der Waals surface area contributed by atoms with E-state index in [-0.39, 0.29) is 18.4 Å². The van der Waals surface area contributed by atoms with E-state index in [2.05, 4.69) is 10.5 Å². The van der Waals surface area contributed by atoms with Gasteiger partial charge in [0.2, 0.25) is 0 Å². The minimum absolute atomic E-state index is 0.229. The van der Waals surface area contributed by atoms with Gasteiger partial charge in [-0.2, -0.15) is 12.7 Å². The molecule has 2 atom stereocenters. The number of hydrogen-bond acceptors (Lipinski definition) is 6. The maximum absolute atomic E-state index is 12.1. The van der Waals surface area contributed by atoms with Crippen molar-refractivity contribution >= 4 is 56.7 Å². The van der Waals surface area contributed by atoms with Crippen molar-refractivity contribution in [3.05, 3.63) is 98.2 Å². The van der Waals surface area contributed by atoms with Crippen molar-refractivity contribution in [3.63, 3.8) is 0 Å². The molecule has 2 aliphatic carbocycles. The fourth-order valence-electron chi connectivity index (χ4n) is 5.55. The smallest absolute Gasteiger partial charge is 0.333 e. The lowest BCUT2D eigenvalue weighted by molar-refractivity contribution is 0.256. The highest BCUT2D eigenvalue weighted by Crippen LogP contribution is 2.51. The predicted molar refractivity (Wildman–Crippen MR) is 176 cm³/mol. The summed E-state index contributed by atoms with van der Waals surface area (Å²) in [5.74, 6) is 2.23. The van der Waals surface area contributed by atoms with Crippen LogP contribution in [-0.2, 0) is 16.8 Å². The summed E-state index contributed by atoms with van der Waals surface area (Å²) in [6.45, 7) is 0.230. The highest BCUT2D eigenvalue weighted by molar-refractivity contribution is 7.87. The van der Waals surface area contributed by atoms with Crippen LogP contribution >= 0.6 is 34.8 Å². The summed E-state index contributed by atoms with van der Waals surface area (Å²) in [7, 11) is -1.20. The Kier molecular flexibility index (Phi) is 9.05. The Morgan fingerprint density at radius 1 is 0.956 bits per heavy atom. The van der Waals surface area contributed by atoms with Crippen LogP contribution in [-0.4, -0.2) is 38.0 Å². The number of urea groups is 1. The van der Waals surface area contributed by atoms with Gasteiger partial charge < -0.3 is 14.6 Å². The average molecular weight is 690 g/mol. The molecule has 0 aliphatic heterocycles. The molecule has 0 unspecified atom stereocenters. The van der Waals surface area contributed by atoms with Gasteiger partial charge in [-0.1, -0.05) is 64.2 Å². The SMILES string of the molecule is CN(C)S(=O)(=O)NC(=O)Nc1ccc([C@@H]2CC[C@H]2c2ccc(OCc3c(-c4c(Cl)cccc4Cl)noc3C3CC3)cc2Cl)cc1. The highest BCUT2D eigenvalue weighted by Gasteiger charge is 2.35. The van der Waals surface area contributed by atoms with Crippen molar-refractivity contribution in [2.45, 2.75) is 50.0 Å². The van der Waals surface area contributed by atoms with Crippen LogP contribution in [0.5, 0.6) is 5.75 Å². The molecule has 4 aromatic rings. The van der Waals surface area contributed by atoms with Crippen LogP contribution in [0.1, 0.15) is 65.9 Å². The second kappa shape index (κ2) is 12.8. The molecule has 13 heteroatoms. The molecule has 1 aromatic heterocycles. The summed E-state index contributed by atoms with van der Waals surface area (Å²) in [5.41, 5.74) is 4.69. The van der Waals surface area contributed by atoms with Crippen LogP contribution in [0.4, 0.5) is 10.5 Å². The molecule has 45 heavy (non-hydrogen) atoms. The van der Waals surface area contributed by atoms with Crippen LogP contribution in [0, 0.1) is 0 Å². The lowest BCUT2D eigenvalue weighted by Gasteiger charge is -2.38. The first-order valence-electron chi connectivity index (χ1n) is 14.5. The second-order valence-corrected chi connectivity index (χ2v) is 14.6. The standard InChI is InChI=1S/C32H31Cl3N4O5S/c1-39(2)45(41,42)38-32(40)36-20-10-8-18(9-11-20)22-14-15-23(22)24-13-12-21(16-28(24)35)43-17-25-30(37-44-31(25)19-6-7-19)29-26(33)4-3-5-27(29)34/h3-5,8-13,16,19,22-23H,6-7,14-15,17H2,1-2H3,(H2,36,38,40)/t22-,23+/m0/s1. The van der Waals surface area contributed by atoms with Crippen LogP contribution in [0.15, 0.2) is 65.2 Å². The summed E-state index contributed by atoms with van der Waals surface area (Å²) in [6.07, 6.45) is 4.06. The highest BCUT2D eigenvalue weighted by atomic mass is 35.5. The molecule has 2 saturated carbocycles. The van der Waals surface area contributed by atoms with E-state index in [4.69, 9.17) is 44.1 Å². The Labute approximate surface area is 277 Å². The summed E-state index contributed by atoms with van der Waals surface area (Å²) in [4.78, 5) is 12.1. The number of halogens is 3. The van der Waals surface area contributed by atoms with E-state index in [0.717, 1.165) is 52.4 Å². The average Bonchev–Trinajstić information content (AvgIpc) is 3.73. The molecule has 0 bridgehead atoms. The van der Waals surface area contributed by atoms with Crippen LogP contribution in [0.2, 0.25) is 15.1 Å². The summed E-state index contributed by atoms with van der Waals surface area (Å²) in [6, 6.07) is 17.7. The van der Waals surface area contributed by atoms with E-state index in [1.165, 1.54) is 14.1 Å². The molecule has 3 aromatic carbocycles. The third kappa shape index (κ3) is 6.80. The van der Waals surface area contributed by atoms with Crippen LogP contribution < -0.4 is 14.8 Å². The first-order valence-corrected chi connectivity index (χ1v) is 17.1. The van der Waals surface area contributed by atoms with E-state index in [9.17, 15) is 13.2 Å². The lowest BCUT2D eigenvalue weighted by atomic mass is 9.67. The minimum atomic E-state index is -3.88. The van der Waals surface area contributed by atoms with E-state index < -0.39 is 16.2 Å². The Balaban J connectivity index is 1.13. The topological polar surface area (TPSA) is 114 Å². The van der Waals surface area contributed by atoms with Gasteiger partial charge in [-0.3, -0.25) is 0 Å². The number of carbonyl (C=O) groups is 1. The Morgan fingerprint density at radius 3 is 2.24 bits per heavy atom. The molecular weight excluding hydrogens is 659 g/mol. The number of nitrogens with one attached hydrogen (secondary N) is 2. The third-order valence-electron chi connectivity index (χ3n) is 8.29. The van der Waals surface area contributed by atoms with Gasteiger partial charge in [0.1, 0.15) is 23.8 Å². The number of amides is 2. The fraction of sp³-hybridized carbons (Fsp3) is 0.312. The van der Waals surface area contributed by atoms with Crippen LogP contribution in [0.3, 0.4) is 0 Å². The molecule has 2 amide bonds. The fourth-order valence-corrected chi connectivity index (χ4v) is 6.91. The normalized spacial score (nSPS) is 18.0. The number of aromatic nitrogens is 1. The van der Waals surface area contributed by atoms with Crippen molar-refractivity contribution in [1.29, 1.82) is 0 Å². The van der Waals surface area contributed by atoms with Crippen LogP contribution in [0.25, 0.3) is 11.3 Å². The quantitative estimate of drug-likeness (QED) is 0.173. The summed E-state index contributed by atoms with van der Waals surface area (Å²) < 4.78 is 38.6. The molecule has 2 fully saturated rings. The van der Waals surface area contributed by atoms with Gasteiger partial charge in [-0.25, -0.2) is 9.52 Å². The van der Waals surface area contributed by atoms with Gasteiger partial charge in [-0.15, -0.1) is 0 Å². The molecule has 2 N–H and O–H groups in total. The molecule has 0 saturated heterocycles. The first-order chi connectivity index (χ1) is 21.5. The number of anilines is 1. The minimum Gasteiger partial charge on any atom is -0.489 e. The maximum atomic E-state index is 12.1. The van der Waals surface area contributed by atoms with Gasteiger partial charge in [0.15, 0.2) is 0 Å². The number of ether oxygens (including phenoxy) is 1. The van der Waals surface area contributed by atoms with E-state index in [1.807, 2.05) is 35.1 Å². The summed E-state index contributed by atoms with van der Waals surface area (Å²) >= 11 is 19.8.